The fourth-order valence-corrected chi connectivity index (χ4v) is 3.19. The molecule has 0 amide bonds. The Morgan fingerprint density at radius 1 is 1.16 bits per heavy atom. The van der Waals surface area contributed by atoms with Gasteiger partial charge in [0.25, 0.3) is 5.78 Å². The highest BCUT2D eigenvalue weighted by molar-refractivity contribution is 5.47. The number of aryl methyl sites for hydroxylation is 2. The van der Waals surface area contributed by atoms with Crippen LogP contribution in [0, 0.1) is 6.92 Å². The van der Waals surface area contributed by atoms with E-state index in [1.54, 1.807) is 6.33 Å². The summed E-state index contributed by atoms with van der Waals surface area (Å²) in [6.45, 7) is 8.57. The molecule has 0 unspecified atom stereocenters. The molecule has 1 aliphatic heterocycles. The number of aromatic nitrogens is 6. The van der Waals surface area contributed by atoms with Crippen LogP contribution in [0.15, 0.2) is 16.9 Å². The maximum absolute atomic E-state index is 5.21. The van der Waals surface area contributed by atoms with Crippen molar-refractivity contribution < 1.29 is 4.52 Å². The van der Waals surface area contributed by atoms with Crippen molar-refractivity contribution in [3.63, 3.8) is 0 Å². The maximum atomic E-state index is 5.21. The highest BCUT2D eigenvalue weighted by Gasteiger charge is 2.20. The van der Waals surface area contributed by atoms with Crippen molar-refractivity contribution in [1.82, 2.24) is 34.6 Å². The lowest BCUT2D eigenvalue weighted by atomic mass is 10.3. The van der Waals surface area contributed by atoms with Crippen LogP contribution in [0.1, 0.15) is 30.8 Å². The Kier molecular flexibility index (Phi) is 4.31. The lowest BCUT2D eigenvalue weighted by Crippen LogP contribution is -2.32. The molecule has 3 aromatic heterocycles. The van der Waals surface area contributed by atoms with Crippen LogP contribution in [0.3, 0.4) is 0 Å². The number of hydrogen-bond donors (Lipinski definition) is 0. The van der Waals surface area contributed by atoms with Gasteiger partial charge < -0.3 is 9.42 Å². The highest BCUT2D eigenvalue weighted by atomic mass is 16.5. The largest absolute Gasteiger partial charge is 0.355 e. The van der Waals surface area contributed by atoms with Crippen LogP contribution < -0.4 is 4.90 Å². The molecular formula is C16H22N8O. The van der Waals surface area contributed by atoms with E-state index < -0.39 is 0 Å². The molecule has 1 aliphatic rings. The first-order valence-electron chi connectivity index (χ1n) is 8.69. The van der Waals surface area contributed by atoms with E-state index in [2.05, 4.69) is 41.1 Å². The molecule has 132 valence electrons. The highest BCUT2D eigenvalue weighted by Crippen LogP contribution is 2.18. The van der Waals surface area contributed by atoms with E-state index in [0.29, 0.717) is 11.7 Å². The van der Waals surface area contributed by atoms with E-state index in [9.17, 15) is 0 Å². The molecule has 9 heteroatoms. The molecule has 4 heterocycles. The minimum atomic E-state index is 0.648. The summed E-state index contributed by atoms with van der Waals surface area (Å²) in [6.07, 6.45) is 3.39. The summed E-state index contributed by atoms with van der Waals surface area (Å²) in [6, 6.07) is 2.07. The van der Waals surface area contributed by atoms with Gasteiger partial charge in [0.2, 0.25) is 5.89 Å². The molecule has 9 nitrogen and oxygen atoms in total. The molecule has 0 aliphatic carbocycles. The number of hydrogen-bond acceptors (Lipinski definition) is 8. The fourth-order valence-electron chi connectivity index (χ4n) is 3.19. The van der Waals surface area contributed by atoms with E-state index >= 15 is 0 Å². The topological polar surface area (TPSA) is 88.5 Å². The number of anilines is 1. The molecule has 1 fully saturated rings. The molecular weight excluding hydrogens is 320 g/mol. The van der Waals surface area contributed by atoms with E-state index in [1.807, 2.05) is 18.4 Å². The van der Waals surface area contributed by atoms with Gasteiger partial charge in [0.15, 0.2) is 5.82 Å². The van der Waals surface area contributed by atoms with Gasteiger partial charge in [-0.15, -0.1) is 0 Å². The molecule has 0 saturated carbocycles. The zero-order valence-corrected chi connectivity index (χ0v) is 14.6. The summed E-state index contributed by atoms with van der Waals surface area (Å²) < 4.78 is 7.02. The normalized spacial score (nSPS) is 16.5. The summed E-state index contributed by atoms with van der Waals surface area (Å²) in [5, 5.41) is 8.38. The molecule has 25 heavy (non-hydrogen) atoms. The van der Waals surface area contributed by atoms with Gasteiger partial charge in [-0.1, -0.05) is 12.1 Å². The third-order valence-electron chi connectivity index (χ3n) is 4.45. The quantitative estimate of drug-likeness (QED) is 0.696. The Labute approximate surface area is 145 Å². The molecule has 0 spiro atoms. The van der Waals surface area contributed by atoms with E-state index in [-0.39, 0.29) is 0 Å². The number of nitrogens with zero attached hydrogens (tertiary/aromatic N) is 8. The van der Waals surface area contributed by atoms with Gasteiger partial charge in [-0.3, -0.25) is 4.90 Å². The molecule has 0 N–H and O–H groups in total. The summed E-state index contributed by atoms with van der Waals surface area (Å²) >= 11 is 0. The van der Waals surface area contributed by atoms with Gasteiger partial charge in [0.05, 0.1) is 6.54 Å². The lowest BCUT2D eigenvalue weighted by Gasteiger charge is -2.23. The van der Waals surface area contributed by atoms with Crippen LogP contribution >= 0.6 is 0 Å². The molecule has 1 saturated heterocycles. The van der Waals surface area contributed by atoms with Crippen LogP contribution in [-0.2, 0) is 13.0 Å². The number of fused-ring (bicyclic) bond motifs is 1. The average Bonchev–Trinajstić information content (AvgIpc) is 3.19. The van der Waals surface area contributed by atoms with Gasteiger partial charge >= 0.3 is 0 Å². The summed E-state index contributed by atoms with van der Waals surface area (Å²) in [5.74, 6) is 3.17. The fraction of sp³-hybridized carbons (Fsp3) is 0.562. The van der Waals surface area contributed by atoms with Crippen LogP contribution in [0.5, 0.6) is 0 Å². The standard InChI is InChI=1S/C16H22N8O/c1-3-14-20-13(21-25-14)10-22-5-4-6-23(8-7-22)15-9-12(2)19-16-17-11-18-24(15)16/h9,11H,3-8,10H2,1-2H3. The average molecular weight is 342 g/mol. The Bertz CT molecular complexity index is 857. The first-order valence-corrected chi connectivity index (χ1v) is 8.69. The van der Waals surface area contributed by atoms with Crippen molar-refractivity contribution in [3.8, 4) is 0 Å². The molecule has 0 atom stereocenters. The Morgan fingerprint density at radius 2 is 2.08 bits per heavy atom. The Hall–Kier alpha value is -2.55. The second kappa shape index (κ2) is 6.75. The SMILES string of the molecule is CCc1nc(CN2CCCN(c3cc(C)nc4ncnn34)CC2)no1. The van der Waals surface area contributed by atoms with Crippen molar-refractivity contribution in [1.29, 1.82) is 0 Å². The summed E-state index contributed by atoms with van der Waals surface area (Å²) in [5.41, 5.74) is 0.954. The van der Waals surface area contributed by atoms with Gasteiger partial charge in [-0.2, -0.15) is 19.6 Å². The molecule has 4 rings (SSSR count). The monoisotopic (exact) mass is 342 g/mol. The predicted octanol–water partition coefficient (Wildman–Crippen LogP) is 1.09. The van der Waals surface area contributed by atoms with Gasteiger partial charge in [-0.25, -0.2) is 4.98 Å². The van der Waals surface area contributed by atoms with Crippen molar-refractivity contribution in [2.24, 2.45) is 0 Å². The van der Waals surface area contributed by atoms with Crippen molar-refractivity contribution in [2.45, 2.75) is 33.2 Å². The molecule has 0 radical (unpaired) electrons. The summed E-state index contributed by atoms with van der Waals surface area (Å²) in [4.78, 5) is 17.8. The van der Waals surface area contributed by atoms with Crippen LogP contribution in [0.4, 0.5) is 5.82 Å². The number of rotatable bonds is 4. The minimum Gasteiger partial charge on any atom is -0.355 e. The smallest absolute Gasteiger partial charge is 0.254 e. The first kappa shape index (κ1) is 15.9. The van der Waals surface area contributed by atoms with E-state index in [4.69, 9.17) is 4.52 Å². The van der Waals surface area contributed by atoms with Crippen molar-refractivity contribution >= 4 is 11.6 Å². The van der Waals surface area contributed by atoms with Crippen molar-refractivity contribution in [3.05, 3.63) is 29.8 Å². The van der Waals surface area contributed by atoms with Crippen LogP contribution in [-0.4, -0.2) is 60.8 Å². The van der Waals surface area contributed by atoms with Crippen molar-refractivity contribution in [2.75, 3.05) is 31.1 Å². The second-order valence-corrected chi connectivity index (χ2v) is 6.30. The third-order valence-corrected chi connectivity index (χ3v) is 4.45. The molecule has 0 aromatic carbocycles. The maximum Gasteiger partial charge on any atom is 0.254 e. The molecule has 3 aromatic rings. The van der Waals surface area contributed by atoms with Crippen LogP contribution in [0.2, 0.25) is 0 Å². The third kappa shape index (κ3) is 3.32. The zero-order chi connectivity index (χ0) is 17.2. The predicted molar refractivity (Wildman–Crippen MR) is 91.3 cm³/mol. The summed E-state index contributed by atoms with van der Waals surface area (Å²) in [7, 11) is 0. The van der Waals surface area contributed by atoms with E-state index in [1.165, 1.54) is 0 Å². The zero-order valence-electron chi connectivity index (χ0n) is 14.6. The first-order chi connectivity index (χ1) is 12.2. The Morgan fingerprint density at radius 3 is 2.92 bits per heavy atom. The Balaban J connectivity index is 1.48. The molecule has 0 bridgehead atoms. The van der Waals surface area contributed by atoms with Gasteiger partial charge in [-0.05, 0) is 13.3 Å². The van der Waals surface area contributed by atoms with Gasteiger partial charge in [0.1, 0.15) is 12.1 Å². The van der Waals surface area contributed by atoms with Gasteiger partial charge in [0, 0.05) is 44.4 Å². The van der Waals surface area contributed by atoms with E-state index in [0.717, 1.165) is 62.9 Å². The van der Waals surface area contributed by atoms with Crippen LogP contribution in [0.25, 0.3) is 5.78 Å². The minimum absolute atomic E-state index is 0.648. The lowest BCUT2D eigenvalue weighted by molar-refractivity contribution is 0.271. The second-order valence-electron chi connectivity index (χ2n) is 6.30.